The molecule has 2 aliphatic rings. The standard InChI is InChI=1S/C11H21BO4/c1-3-14-6-8-10(12)15-9(7-13-2)11(16-8)4-5-11/h8-10H,3-7,12H2,1-2H3. The van der Waals surface area contributed by atoms with Gasteiger partial charge in [0.2, 0.25) is 0 Å². The second kappa shape index (κ2) is 5.04. The fourth-order valence-corrected chi connectivity index (χ4v) is 2.25. The molecule has 0 aromatic rings. The summed E-state index contributed by atoms with van der Waals surface area (Å²) in [5.41, 5.74) is -0.0791. The van der Waals surface area contributed by atoms with E-state index in [-0.39, 0.29) is 23.8 Å². The minimum absolute atomic E-state index is 0.0653. The van der Waals surface area contributed by atoms with Crippen molar-refractivity contribution in [3.8, 4) is 0 Å². The first-order chi connectivity index (χ1) is 7.72. The van der Waals surface area contributed by atoms with Gasteiger partial charge in [-0.1, -0.05) is 0 Å². The molecule has 3 atom stereocenters. The third kappa shape index (κ3) is 2.42. The molecule has 1 aliphatic carbocycles. The van der Waals surface area contributed by atoms with Crippen LogP contribution in [0.2, 0.25) is 0 Å². The number of methoxy groups -OCH3 is 1. The summed E-state index contributed by atoms with van der Waals surface area (Å²) in [6.45, 7) is 3.96. The average molecular weight is 228 g/mol. The van der Waals surface area contributed by atoms with E-state index in [4.69, 9.17) is 18.9 Å². The average Bonchev–Trinajstić information content (AvgIpc) is 3.03. The Morgan fingerprint density at radius 3 is 2.69 bits per heavy atom. The highest BCUT2D eigenvalue weighted by molar-refractivity contribution is 6.11. The third-order valence-electron chi connectivity index (χ3n) is 3.42. The maximum atomic E-state index is 6.13. The molecular weight excluding hydrogens is 207 g/mol. The molecule has 1 aliphatic heterocycles. The van der Waals surface area contributed by atoms with E-state index in [9.17, 15) is 0 Å². The lowest BCUT2D eigenvalue weighted by Crippen LogP contribution is -2.54. The zero-order valence-corrected chi connectivity index (χ0v) is 10.4. The topological polar surface area (TPSA) is 36.9 Å². The van der Waals surface area contributed by atoms with Crippen LogP contribution in [0, 0.1) is 0 Å². The Hall–Kier alpha value is -0.0951. The highest BCUT2D eigenvalue weighted by atomic mass is 16.6. The maximum Gasteiger partial charge on any atom is 0.142 e. The Labute approximate surface area is 98.0 Å². The third-order valence-corrected chi connectivity index (χ3v) is 3.42. The Bertz CT molecular complexity index is 232. The molecule has 0 radical (unpaired) electrons. The molecule has 1 saturated heterocycles. The minimum atomic E-state index is -0.0791. The zero-order chi connectivity index (χ0) is 11.6. The quantitative estimate of drug-likeness (QED) is 0.618. The van der Waals surface area contributed by atoms with Crippen LogP contribution in [0.3, 0.4) is 0 Å². The molecule has 0 aromatic carbocycles. The lowest BCUT2D eigenvalue weighted by atomic mass is 9.91. The monoisotopic (exact) mass is 228 g/mol. The van der Waals surface area contributed by atoms with Crippen molar-refractivity contribution in [1.29, 1.82) is 0 Å². The van der Waals surface area contributed by atoms with Gasteiger partial charge in [-0.15, -0.1) is 0 Å². The summed E-state index contributed by atoms with van der Waals surface area (Å²) in [5.74, 6) is 0. The van der Waals surface area contributed by atoms with Crippen molar-refractivity contribution >= 4 is 7.85 Å². The van der Waals surface area contributed by atoms with Gasteiger partial charge in [0, 0.05) is 13.7 Å². The Morgan fingerprint density at radius 2 is 2.12 bits per heavy atom. The van der Waals surface area contributed by atoms with Crippen molar-refractivity contribution in [2.75, 3.05) is 26.9 Å². The Kier molecular flexibility index (Phi) is 3.90. The Balaban J connectivity index is 1.92. The van der Waals surface area contributed by atoms with Crippen molar-refractivity contribution in [2.24, 2.45) is 0 Å². The second-order valence-corrected chi connectivity index (χ2v) is 4.67. The molecule has 1 heterocycles. The van der Waals surface area contributed by atoms with Crippen LogP contribution in [-0.4, -0.2) is 58.6 Å². The van der Waals surface area contributed by atoms with Gasteiger partial charge in [-0.3, -0.25) is 0 Å². The fourth-order valence-electron chi connectivity index (χ4n) is 2.25. The summed E-state index contributed by atoms with van der Waals surface area (Å²) in [6, 6.07) is 0.0814. The van der Waals surface area contributed by atoms with Crippen LogP contribution in [-0.2, 0) is 18.9 Å². The predicted octanol–water partition coefficient (Wildman–Crippen LogP) is -0.0549. The lowest BCUT2D eigenvalue weighted by Gasteiger charge is -2.41. The largest absolute Gasteiger partial charge is 0.382 e. The number of hydrogen-bond donors (Lipinski definition) is 0. The lowest BCUT2D eigenvalue weighted by molar-refractivity contribution is -0.231. The SMILES string of the molecule is BC1OC(COC)C2(CC2)OC1COCC. The molecule has 3 unspecified atom stereocenters. The van der Waals surface area contributed by atoms with Gasteiger partial charge in [-0.05, 0) is 19.8 Å². The second-order valence-electron chi connectivity index (χ2n) is 4.67. The highest BCUT2D eigenvalue weighted by Crippen LogP contribution is 2.48. The minimum Gasteiger partial charge on any atom is -0.382 e. The van der Waals surface area contributed by atoms with Crippen LogP contribution in [0.5, 0.6) is 0 Å². The van der Waals surface area contributed by atoms with Gasteiger partial charge >= 0.3 is 0 Å². The highest BCUT2D eigenvalue weighted by Gasteiger charge is 2.56. The van der Waals surface area contributed by atoms with Crippen LogP contribution in [0.1, 0.15) is 19.8 Å². The van der Waals surface area contributed by atoms with Gasteiger partial charge < -0.3 is 18.9 Å². The molecule has 1 saturated carbocycles. The molecule has 2 rings (SSSR count). The van der Waals surface area contributed by atoms with E-state index in [1.54, 1.807) is 7.11 Å². The van der Waals surface area contributed by atoms with E-state index in [0.29, 0.717) is 13.2 Å². The van der Waals surface area contributed by atoms with Crippen LogP contribution in [0.4, 0.5) is 0 Å². The van der Waals surface area contributed by atoms with E-state index in [2.05, 4.69) is 0 Å². The summed E-state index contributed by atoms with van der Waals surface area (Å²) in [4.78, 5) is 0. The van der Waals surface area contributed by atoms with Crippen molar-refractivity contribution in [2.45, 2.75) is 43.6 Å². The number of rotatable bonds is 5. The van der Waals surface area contributed by atoms with Gasteiger partial charge in [0.1, 0.15) is 14.0 Å². The molecule has 0 N–H and O–H groups in total. The summed E-state index contributed by atoms with van der Waals surface area (Å²) >= 11 is 0. The van der Waals surface area contributed by atoms with Crippen LogP contribution in [0.15, 0.2) is 0 Å². The van der Waals surface area contributed by atoms with Gasteiger partial charge in [0.25, 0.3) is 0 Å². The number of hydrogen-bond acceptors (Lipinski definition) is 4. The maximum absolute atomic E-state index is 6.13. The van der Waals surface area contributed by atoms with Gasteiger partial charge in [-0.25, -0.2) is 0 Å². The molecule has 16 heavy (non-hydrogen) atoms. The normalized spacial score (nSPS) is 36.5. The van der Waals surface area contributed by atoms with E-state index in [1.807, 2.05) is 14.8 Å². The van der Waals surface area contributed by atoms with Crippen LogP contribution in [0.25, 0.3) is 0 Å². The summed E-state index contributed by atoms with van der Waals surface area (Å²) < 4.78 is 22.7. The van der Waals surface area contributed by atoms with Gasteiger partial charge in [-0.2, -0.15) is 0 Å². The molecule has 92 valence electrons. The molecule has 0 aromatic heterocycles. The van der Waals surface area contributed by atoms with Crippen molar-refractivity contribution < 1.29 is 18.9 Å². The summed E-state index contributed by atoms with van der Waals surface area (Å²) in [7, 11) is 3.75. The molecular formula is C11H21BO4. The van der Waals surface area contributed by atoms with E-state index < -0.39 is 0 Å². The van der Waals surface area contributed by atoms with Crippen LogP contribution >= 0.6 is 0 Å². The molecule has 4 nitrogen and oxygen atoms in total. The molecule has 2 fully saturated rings. The molecule has 0 amide bonds. The van der Waals surface area contributed by atoms with E-state index in [0.717, 1.165) is 19.4 Å². The predicted molar refractivity (Wildman–Crippen MR) is 62.4 cm³/mol. The van der Waals surface area contributed by atoms with Crippen molar-refractivity contribution in [1.82, 2.24) is 0 Å². The van der Waals surface area contributed by atoms with Crippen molar-refractivity contribution in [3.05, 3.63) is 0 Å². The molecule has 1 spiro atoms. The van der Waals surface area contributed by atoms with Crippen LogP contribution < -0.4 is 0 Å². The van der Waals surface area contributed by atoms with Gasteiger partial charge in [0.15, 0.2) is 0 Å². The first kappa shape index (κ1) is 12.4. The number of ether oxygens (including phenoxy) is 4. The summed E-state index contributed by atoms with van der Waals surface area (Å²) in [6.07, 6.45) is 2.31. The van der Waals surface area contributed by atoms with Gasteiger partial charge in [0.05, 0.1) is 30.9 Å². The van der Waals surface area contributed by atoms with Crippen molar-refractivity contribution in [3.63, 3.8) is 0 Å². The zero-order valence-electron chi connectivity index (χ0n) is 10.4. The molecule has 5 heteroatoms. The first-order valence-electron chi connectivity index (χ1n) is 6.12. The fraction of sp³-hybridized carbons (Fsp3) is 1.00. The van der Waals surface area contributed by atoms with E-state index in [1.165, 1.54) is 0 Å². The summed E-state index contributed by atoms with van der Waals surface area (Å²) in [5, 5.41) is 0. The smallest absolute Gasteiger partial charge is 0.142 e. The molecule has 0 bridgehead atoms. The van der Waals surface area contributed by atoms with E-state index >= 15 is 0 Å². The first-order valence-corrected chi connectivity index (χ1v) is 6.12. The Morgan fingerprint density at radius 1 is 1.38 bits per heavy atom.